The first-order chi connectivity index (χ1) is 8.63. The van der Waals surface area contributed by atoms with Crippen molar-refractivity contribution >= 4 is 37.6 Å². The summed E-state index contributed by atoms with van der Waals surface area (Å²) in [6.07, 6.45) is 0. The lowest BCUT2D eigenvalue weighted by Gasteiger charge is -1.94. The van der Waals surface area contributed by atoms with E-state index < -0.39 is 11.2 Å². The van der Waals surface area contributed by atoms with Crippen molar-refractivity contribution in [3.05, 3.63) is 49.6 Å². The van der Waals surface area contributed by atoms with E-state index in [1.807, 2.05) is 24.3 Å². The maximum atomic E-state index is 11.6. The molecule has 3 aromatic rings. The van der Waals surface area contributed by atoms with E-state index in [4.69, 9.17) is 0 Å². The Kier molecular flexibility index (Phi) is 2.64. The Hall–Kier alpha value is -1.73. The average molecular weight is 324 g/mol. The molecule has 0 atom stereocenters. The Morgan fingerprint density at radius 1 is 1.11 bits per heavy atom. The molecule has 2 N–H and O–H groups in total. The SMILES string of the molecule is O=c1[nH]c(=O)c2sc(-c3ccc(Br)cc3)nc2[nH]1. The van der Waals surface area contributed by atoms with Gasteiger partial charge >= 0.3 is 5.69 Å². The highest BCUT2D eigenvalue weighted by molar-refractivity contribution is 9.10. The second-order valence-corrected chi connectivity index (χ2v) is 5.53. The van der Waals surface area contributed by atoms with Crippen molar-refractivity contribution in [3.63, 3.8) is 0 Å². The molecule has 5 nitrogen and oxygen atoms in total. The van der Waals surface area contributed by atoms with Crippen molar-refractivity contribution in [2.75, 3.05) is 0 Å². The lowest BCUT2D eigenvalue weighted by molar-refractivity contribution is 1.07. The number of thiazole rings is 1. The molecule has 90 valence electrons. The van der Waals surface area contributed by atoms with Gasteiger partial charge < -0.3 is 0 Å². The van der Waals surface area contributed by atoms with Gasteiger partial charge in [-0.05, 0) is 12.1 Å². The Morgan fingerprint density at radius 2 is 1.83 bits per heavy atom. The van der Waals surface area contributed by atoms with Crippen molar-refractivity contribution in [3.8, 4) is 10.6 Å². The van der Waals surface area contributed by atoms with Gasteiger partial charge in [0.05, 0.1) is 0 Å². The van der Waals surface area contributed by atoms with Crippen LogP contribution in [-0.4, -0.2) is 15.0 Å². The Bertz CT molecular complexity index is 832. The third-order valence-corrected chi connectivity index (χ3v) is 4.02. The predicted octanol–water partition coefficient (Wildman–Crippen LogP) is 2.10. The Morgan fingerprint density at radius 3 is 2.56 bits per heavy atom. The number of H-pyrrole nitrogens is 2. The monoisotopic (exact) mass is 323 g/mol. The lowest BCUT2D eigenvalue weighted by atomic mass is 10.2. The van der Waals surface area contributed by atoms with E-state index >= 15 is 0 Å². The van der Waals surface area contributed by atoms with Crippen molar-refractivity contribution in [2.24, 2.45) is 0 Å². The van der Waals surface area contributed by atoms with Crippen LogP contribution in [0.25, 0.3) is 20.9 Å². The molecule has 0 saturated heterocycles. The summed E-state index contributed by atoms with van der Waals surface area (Å²) in [4.78, 5) is 31.7. The molecule has 0 radical (unpaired) electrons. The van der Waals surface area contributed by atoms with Crippen molar-refractivity contribution in [2.45, 2.75) is 0 Å². The summed E-state index contributed by atoms with van der Waals surface area (Å²) in [7, 11) is 0. The summed E-state index contributed by atoms with van der Waals surface area (Å²) in [6.45, 7) is 0. The number of nitrogens with one attached hydrogen (secondary N) is 2. The van der Waals surface area contributed by atoms with E-state index in [0.29, 0.717) is 15.4 Å². The topological polar surface area (TPSA) is 78.6 Å². The lowest BCUT2D eigenvalue weighted by Crippen LogP contribution is -2.20. The second-order valence-electron chi connectivity index (χ2n) is 3.61. The molecule has 0 unspecified atom stereocenters. The number of hydrogen-bond donors (Lipinski definition) is 2. The summed E-state index contributed by atoms with van der Waals surface area (Å²) >= 11 is 4.61. The number of benzene rings is 1. The van der Waals surface area contributed by atoms with Crippen LogP contribution in [0, 0.1) is 0 Å². The minimum atomic E-state index is -0.542. The quantitative estimate of drug-likeness (QED) is 0.719. The molecule has 7 heteroatoms. The van der Waals surface area contributed by atoms with Gasteiger partial charge in [-0.2, -0.15) is 0 Å². The molecule has 2 aromatic heterocycles. The molecule has 1 aromatic carbocycles. The maximum absolute atomic E-state index is 11.6. The van der Waals surface area contributed by atoms with E-state index in [2.05, 4.69) is 30.9 Å². The van der Waals surface area contributed by atoms with Gasteiger partial charge in [-0.15, -0.1) is 11.3 Å². The van der Waals surface area contributed by atoms with E-state index in [-0.39, 0.29) is 0 Å². The first kappa shape index (κ1) is 11.4. The maximum Gasteiger partial charge on any atom is 0.327 e. The Labute approximate surface area is 113 Å². The normalized spacial score (nSPS) is 10.9. The van der Waals surface area contributed by atoms with Crippen molar-refractivity contribution < 1.29 is 0 Å². The smallest absolute Gasteiger partial charge is 0.291 e. The highest BCUT2D eigenvalue weighted by atomic mass is 79.9. The van der Waals surface area contributed by atoms with Gasteiger partial charge in [-0.3, -0.25) is 14.8 Å². The van der Waals surface area contributed by atoms with Crippen LogP contribution in [0.15, 0.2) is 38.3 Å². The third kappa shape index (κ3) is 1.91. The minimum Gasteiger partial charge on any atom is -0.291 e. The molecule has 0 spiro atoms. The van der Waals surface area contributed by atoms with Crippen LogP contribution >= 0.6 is 27.3 Å². The van der Waals surface area contributed by atoms with Gasteiger partial charge in [-0.1, -0.05) is 28.1 Å². The van der Waals surface area contributed by atoms with Crippen LogP contribution in [-0.2, 0) is 0 Å². The zero-order valence-electron chi connectivity index (χ0n) is 8.86. The summed E-state index contributed by atoms with van der Waals surface area (Å²) in [5.41, 5.74) is 0.279. The number of fused-ring (bicyclic) bond motifs is 1. The molecule has 0 aliphatic rings. The van der Waals surface area contributed by atoms with E-state index in [9.17, 15) is 9.59 Å². The largest absolute Gasteiger partial charge is 0.327 e. The molecule has 18 heavy (non-hydrogen) atoms. The number of halogens is 1. The average Bonchev–Trinajstić information content (AvgIpc) is 2.74. The summed E-state index contributed by atoms with van der Waals surface area (Å²) in [5.74, 6) is 0. The van der Waals surface area contributed by atoms with Crippen LogP contribution in [0.1, 0.15) is 0 Å². The van der Waals surface area contributed by atoms with Gasteiger partial charge in [-0.25, -0.2) is 9.78 Å². The number of aromatic nitrogens is 3. The molecule has 0 aliphatic carbocycles. The number of rotatable bonds is 1. The van der Waals surface area contributed by atoms with Gasteiger partial charge in [0.1, 0.15) is 9.71 Å². The van der Waals surface area contributed by atoms with E-state index in [0.717, 1.165) is 10.0 Å². The fraction of sp³-hybridized carbons (Fsp3) is 0. The van der Waals surface area contributed by atoms with Crippen LogP contribution in [0.5, 0.6) is 0 Å². The van der Waals surface area contributed by atoms with Gasteiger partial charge in [0.25, 0.3) is 5.56 Å². The molecule has 0 amide bonds. The van der Waals surface area contributed by atoms with Crippen LogP contribution in [0.2, 0.25) is 0 Å². The molecule has 0 aliphatic heterocycles. The first-order valence-corrected chi connectivity index (χ1v) is 6.63. The molecule has 3 rings (SSSR count). The number of hydrogen-bond acceptors (Lipinski definition) is 4. The summed E-state index contributed by atoms with van der Waals surface area (Å²) in [5, 5.41) is 0.699. The molecular weight excluding hydrogens is 318 g/mol. The van der Waals surface area contributed by atoms with Gasteiger partial charge in [0.2, 0.25) is 0 Å². The third-order valence-electron chi connectivity index (χ3n) is 2.38. The van der Waals surface area contributed by atoms with Crippen LogP contribution in [0.4, 0.5) is 0 Å². The summed E-state index contributed by atoms with van der Waals surface area (Å²) < 4.78 is 1.39. The van der Waals surface area contributed by atoms with Crippen LogP contribution < -0.4 is 11.2 Å². The summed E-state index contributed by atoms with van der Waals surface area (Å²) in [6, 6.07) is 7.59. The molecule has 0 saturated carbocycles. The molecule has 2 heterocycles. The standard InChI is InChI=1S/C11H6BrN3O2S/c12-6-3-1-5(2-4-6)10-13-8-7(18-10)9(16)15-11(17)14-8/h1-4H,(H2,14,15,16,17). The van der Waals surface area contributed by atoms with Gasteiger partial charge in [0.15, 0.2) is 5.65 Å². The minimum absolute atomic E-state index is 0.326. The zero-order valence-corrected chi connectivity index (χ0v) is 11.3. The molecule has 0 fully saturated rings. The first-order valence-electron chi connectivity index (χ1n) is 5.02. The molecular formula is C11H6BrN3O2S. The van der Waals surface area contributed by atoms with Gasteiger partial charge in [0, 0.05) is 10.0 Å². The predicted molar refractivity (Wildman–Crippen MR) is 74.0 cm³/mol. The fourth-order valence-corrected chi connectivity index (χ4v) is 2.76. The number of nitrogens with zero attached hydrogens (tertiary/aromatic N) is 1. The second kappa shape index (κ2) is 4.18. The van der Waals surface area contributed by atoms with Crippen LogP contribution in [0.3, 0.4) is 0 Å². The highest BCUT2D eigenvalue weighted by Gasteiger charge is 2.09. The fourth-order valence-electron chi connectivity index (χ4n) is 1.57. The molecule has 0 bridgehead atoms. The zero-order chi connectivity index (χ0) is 12.7. The number of aromatic amines is 2. The van der Waals surface area contributed by atoms with Crippen molar-refractivity contribution in [1.82, 2.24) is 15.0 Å². The van der Waals surface area contributed by atoms with Crippen molar-refractivity contribution in [1.29, 1.82) is 0 Å². The highest BCUT2D eigenvalue weighted by Crippen LogP contribution is 2.27. The van der Waals surface area contributed by atoms with E-state index in [1.54, 1.807) is 0 Å². The Balaban J connectivity index is 2.25. The van der Waals surface area contributed by atoms with E-state index in [1.165, 1.54) is 11.3 Å².